The van der Waals surface area contributed by atoms with Gasteiger partial charge in [0.05, 0.1) is 0 Å². The normalized spacial score (nSPS) is 12.9. The van der Waals surface area contributed by atoms with E-state index in [1.807, 2.05) is 0 Å². The quantitative estimate of drug-likeness (QED) is 0.0662. The van der Waals surface area contributed by atoms with Crippen molar-refractivity contribution in [2.24, 2.45) is 0 Å². The van der Waals surface area contributed by atoms with Crippen LogP contribution in [-0.2, 0) is 17.7 Å². The van der Waals surface area contributed by atoms with Gasteiger partial charge in [-0.15, -0.1) is 0 Å². The zero-order valence-corrected chi connectivity index (χ0v) is 28.5. The summed E-state index contributed by atoms with van der Waals surface area (Å²) in [4.78, 5) is 0. The first kappa shape index (κ1) is 37.8. The van der Waals surface area contributed by atoms with Crippen molar-refractivity contribution in [1.29, 1.82) is 0 Å². The predicted octanol–water partition coefficient (Wildman–Crippen LogP) is 10.5. The number of rotatable bonds is 29. The smallest absolute Gasteiger partial charge is 0.364 e. The standard InChI is InChI=1S/C32H66O4Si2/c1-7-13-19-21-29-37(33-25-15-9-3,34-26-16-10-4)31-23-24-32-38(35-27-17-11-5,36-28-18-12-6)30-22-20-14-8-2/h21-22,29-30H,7-20,23-28,31-32H2,1-6H3. The van der Waals surface area contributed by atoms with Crippen molar-refractivity contribution in [3.05, 3.63) is 23.6 Å². The van der Waals surface area contributed by atoms with Crippen molar-refractivity contribution >= 4 is 17.1 Å². The molecular formula is C32H66O4Si2. The van der Waals surface area contributed by atoms with Crippen LogP contribution in [0.25, 0.3) is 0 Å². The second kappa shape index (κ2) is 26.9. The van der Waals surface area contributed by atoms with Crippen molar-refractivity contribution in [2.45, 2.75) is 156 Å². The van der Waals surface area contributed by atoms with Gasteiger partial charge in [0.15, 0.2) is 0 Å². The average Bonchev–Trinajstić information content (AvgIpc) is 2.92. The van der Waals surface area contributed by atoms with E-state index in [-0.39, 0.29) is 0 Å². The fourth-order valence-corrected chi connectivity index (χ4v) is 10.2. The molecule has 0 aromatic heterocycles. The van der Waals surface area contributed by atoms with E-state index < -0.39 is 17.1 Å². The Morgan fingerprint density at radius 1 is 0.395 bits per heavy atom. The Balaban J connectivity index is 5.54. The van der Waals surface area contributed by atoms with Gasteiger partial charge in [0.1, 0.15) is 0 Å². The largest absolute Gasteiger partial charge is 0.391 e. The van der Waals surface area contributed by atoms with Crippen LogP contribution in [-0.4, -0.2) is 43.5 Å². The van der Waals surface area contributed by atoms with Gasteiger partial charge in [-0.3, -0.25) is 0 Å². The molecule has 0 unspecified atom stereocenters. The summed E-state index contributed by atoms with van der Waals surface area (Å²) in [6.45, 7) is 16.7. The topological polar surface area (TPSA) is 36.9 Å². The monoisotopic (exact) mass is 570 g/mol. The summed E-state index contributed by atoms with van der Waals surface area (Å²) >= 11 is 0. The third kappa shape index (κ3) is 19.8. The molecule has 0 atom stereocenters. The van der Waals surface area contributed by atoms with Gasteiger partial charge in [-0.1, -0.05) is 118 Å². The molecule has 38 heavy (non-hydrogen) atoms. The molecule has 0 saturated carbocycles. The number of unbranched alkanes of at least 4 members (excludes halogenated alkanes) is 9. The molecule has 0 fully saturated rings. The SMILES string of the molecule is CCCCC=C[Si](CCCC[Si](C=CCCCC)(OCCCC)OCCCC)(OCCCC)OCCCC. The van der Waals surface area contributed by atoms with Crippen LogP contribution in [0.2, 0.25) is 12.1 Å². The minimum Gasteiger partial charge on any atom is -0.391 e. The van der Waals surface area contributed by atoms with Gasteiger partial charge < -0.3 is 17.7 Å². The van der Waals surface area contributed by atoms with Crippen LogP contribution in [0.15, 0.2) is 23.6 Å². The van der Waals surface area contributed by atoms with Crippen LogP contribution >= 0.6 is 0 Å². The van der Waals surface area contributed by atoms with E-state index in [1.165, 1.54) is 25.7 Å². The molecule has 0 aromatic rings. The maximum absolute atomic E-state index is 6.64. The van der Waals surface area contributed by atoms with E-state index >= 15 is 0 Å². The average molecular weight is 571 g/mol. The lowest BCUT2D eigenvalue weighted by Gasteiger charge is -2.30. The van der Waals surface area contributed by atoms with Crippen LogP contribution < -0.4 is 0 Å². The van der Waals surface area contributed by atoms with E-state index in [4.69, 9.17) is 17.7 Å². The van der Waals surface area contributed by atoms with Crippen LogP contribution in [0.3, 0.4) is 0 Å². The van der Waals surface area contributed by atoms with E-state index in [2.05, 4.69) is 65.1 Å². The highest BCUT2D eigenvalue weighted by Crippen LogP contribution is 2.26. The van der Waals surface area contributed by atoms with Gasteiger partial charge in [-0.2, -0.15) is 0 Å². The highest BCUT2D eigenvalue weighted by molar-refractivity contribution is 6.73. The first-order chi connectivity index (χ1) is 18.6. The summed E-state index contributed by atoms with van der Waals surface area (Å²) in [7, 11) is -4.76. The molecular weight excluding hydrogens is 505 g/mol. The molecule has 0 radical (unpaired) electrons. The molecule has 0 aliphatic rings. The Morgan fingerprint density at radius 2 is 0.684 bits per heavy atom. The van der Waals surface area contributed by atoms with Crippen molar-refractivity contribution in [3.63, 3.8) is 0 Å². The lowest BCUT2D eigenvalue weighted by Crippen LogP contribution is -2.42. The molecule has 0 heterocycles. The van der Waals surface area contributed by atoms with Crippen molar-refractivity contribution in [3.8, 4) is 0 Å². The molecule has 0 rings (SSSR count). The fraction of sp³-hybridized carbons (Fsp3) is 0.875. The van der Waals surface area contributed by atoms with Gasteiger partial charge >= 0.3 is 17.1 Å². The lowest BCUT2D eigenvalue weighted by atomic mass is 10.2. The molecule has 0 aromatic carbocycles. The molecule has 6 heteroatoms. The number of hydrogen-bond acceptors (Lipinski definition) is 4. The highest BCUT2D eigenvalue weighted by atomic mass is 28.4. The molecule has 4 nitrogen and oxygen atoms in total. The fourth-order valence-electron chi connectivity index (χ4n) is 4.20. The second-order valence-corrected chi connectivity index (χ2v) is 16.8. The molecule has 0 aliphatic heterocycles. The maximum Gasteiger partial charge on any atom is 0.364 e. The summed E-state index contributed by atoms with van der Waals surface area (Å²) < 4.78 is 26.6. The minimum atomic E-state index is -2.38. The molecule has 0 amide bonds. The van der Waals surface area contributed by atoms with E-state index in [0.29, 0.717) is 0 Å². The Bertz CT molecular complexity index is 486. The second-order valence-electron chi connectivity index (χ2n) is 10.7. The van der Waals surface area contributed by atoms with Gasteiger partial charge in [0.2, 0.25) is 0 Å². The van der Waals surface area contributed by atoms with Gasteiger partial charge in [0, 0.05) is 26.4 Å². The zero-order chi connectivity index (χ0) is 28.2. The molecule has 0 spiro atoms. The Morgan fingerprint density at radius 3 is 0.947 bits per heavy atom. The highest BCUT2D eigenvalue weighted by Gasteiger charge is 2.37. The Labute approximate surface area is 240 Å². The number of allylic oxidation sites excluding steroid dienone is 2. The number of hydrogen-bond donors (Lipinski definition) is 0. The predicted molar refractivity (Wildman–Crippen MR) is 171 cm³/mol. The van der Waals surface area contributed by atoms with E-state index in [0.717, 1.165) is 116 Å². The molecule has 226 valence electrons. The first-order valence-electron chi connectivity index (χ1n) is 16.5. The van der Waals surface area contributed by atoms with Crippen molar-refractivity contribution in [1.82, 2.24) is 0 Å². The lowest BCUT2D eigenvalue weighted by molar-refractivity contribution is 0.169. The summed E-state index contributed by atoms with van der Waals surface area (Å²) in [6.07, 6.45) is 23.1. The Hall–Kier alpha value is -0.246. The van der Waals surface area contributed by atoms with Gasteiger partial charge in [-0.25, -0.2) is 0 Å². The minimum absolute atomic E-state index is 0.812. The molecule has 0 N–H and O–H groups in total. The summed E-state index contributed by atoms with van der Waals surface area (Å²) in [6, 6.07) is 2.05. The molecule has 0 aliphatic carbocycles. The van der Waals surface area contributed by atoms with Crippen LogP contribution in [0.4, 0.5) is 0 Å². The van der Waals surface area contributed by atoms with Crippen molar-refractivity contribution in [2.75, 3.05) is 26.4 Å². The summed E-state index contributed by atoms with van der Waals surface area (Å²) in [5.41, 5.74) is 4.75. The summed E-state index contributed by atoms with van der Waals surface area (Å²) in [5.74, 6) is 0. The van der Waals surface area contributed by atoms with E-state index in [1.54, 1.807) is 0 Å². The first-order valence-corrected chi connectivity index (χ1v) is 20.7. The maximum atomic E-state index is 6.64. The van der Waals surface area contributed by atoms with Crippen LogP contribution in [0.5, 0.6) is 0 Å². The summed E-state index contributed by atoms with van der Waals surface area (Å²) in [5, 5.41) is 0. The van der Waals surface area contributed by atoms with Crippen LogP contribution in [0, 0.1) is 0 Å². The van der Waals surface area contributed by atoms with E-state index in [9.17, 15) is 0 Å². The Kier molecular flexibility index (Phi) is 26.8. The van der Waals surface area contributed by atoms with Crippen LogP contribution in [0.1, 0.15) is 144 Å². The van der Waals surface area contributed by atoms with Gasteiger partial charge in [-0.05, 0) is 62.0 Å². The zero-order valence-electron chi connectivity index (χ0n) is 26.5. The third-order valence-corrected chi connectivity index (χ3v) is 13.2. The van der Waals surface area contributed by atoms with Crippen molar-refractivity contribution < 1.29 is 17.7 Å². The van der Waals surface area contributed by atoms with Gasteiger partial charge in [0.25, 0.3) is 0 Å². The molecule has 0 bridgehead atoms. The third-order valence-electron chi connectivity index (χ3n) is 6.87. The molecule has 0 saturated heterocycles.